The minimum atomic E-state index is -0.484. The maximum absolute atomic E-state index is 11.6. The SMILES string of the molecule is CC(OCCCNC(=O)CNC(=O)C(C)(C)C)c1ccccc1. The molecular formula is C18H28N2O3. The molecule has 1 atom stereocenters. The smallest absolute Gasteiger partial charge is 0.239 e. The van der Waals surface area contributed by atoms with Crippen molar-refractivity contribution in [2.24, 2.45) is 5.41 Å². The van der Waals surface area contributed by atoms with E-state index in [4.69, 9.17) is 4.74 Å². The van der Waals surface area contributed by atoms with Crippen LogP contribution in [-0.4, -0.2) is 31.5 Å². The molecule has 0 aromatic heterocycles. The highest BCUT2D eigenvalue weighted by molar-refractivity contribution is 5.87. The van der Waals surface area contributed by atoms with Gasteiger partial charge in [-0.15, -0.1) is 0 Å². The molecular weight excluding hydrogens is 292 g/mol. The predicted octanol–water partition coefficient (Wildman–Crippen LogP) is 2.43. The molecule has 0 heterocycles. The Morgan fingerprint density at radius 2 is 1.78 bits per heavy atom. The summed E-state index contributed by atoms with van der Waals surface area (Å²) in [5, 5.41) is 5.39. The van der Waals surface area contributed by atoms with Gasteiger partial charge in [-0.2, -0.15) is 0 Å². The van der Waals surface area contributed by atoms with Crippen molar-refractivity contribution in [2.45, 2.75) is 40.2 Å². The highest BCUT2D eigenvalue weighted by atomic mass is 16.5. The van der Waals surface area contributed by atoms with Crippen molar-refractivity contribution >= 4 is 11.8 Å². The van der Waals surface area contributed by atoms with Gasteiger partial charge >= 0.3 is 0 Å². The standard InChI is InChI=1S/C18H28N2O3/c1-14(15-9-6-5-7-10-15)23-12-8-11-19-16(21)13-20-17(22)18(2,3)4/h5-7,9-10,14H,8,11-13H2,1-4H3,(H,19,21)(H,20,22). The van der Waals surface area contributed by atoms with Crippen LogP contribution in [0, 0.1) is 5.41 Å². The van der Waals surface area contributed by atoms with Gasteiger partial charge in [0.1, 0.15) is 0 Å². The van der Waals surface area contributed by atoms with Crippen LogP contribution in [0.4, 0.5) is 0 Å². The van der Waals surface area contributed by atoms with Crippen molar-refractivity contribution < 1.29 is 14.3 Å². The molecule has 1 aromatic rings. The zero-order valence-corrected chi connectivity index (χ0v) is 14.5. The second kappa shape index (κ2) is 9.30. The zero-order chi connectivity index (χ0) is 17.3. The lowest BCUT2D eigenvalue weighted by molar-refractivity contribution is -0.131. The highest BCUT2D eigenvalue weighted by Gasteiger charge is 2.21. The van der Waals surface area contributed by atoms with Crippen molar-refractivity contribution in [3.8, 4) is 0 Å². The van der Waals surface area contributed by atoms with E-state index < -0.39 is 5.41 Å². The molecule has 0 spiro atoms. The summed E-state index contributed by atoms with van der Waals surface area (Å²) in [5.74, 6) is -0.314. The van der Waals surface area contributed by atoms with Gasteiger partial charge in [0.15, 0.2) is 0 Å². The molecule has 2 N–H and O–H groups in total. The Kier molecular flexibility index (Phi) is 7.75. The van der Waals surface area contributed by atoms with Crippen LogP contribution in [0.2, 0.25) is 0 Å². The van der Waals surface area contributed by atoms with Gasteiger partial charge in [0.05, 0.1) is 12.6 Å². The van der Waals surface area contributed by atoms with E-state index in [1.165, 1.54) is 0 Å². The Hall–Kier alpha value is -1.88. The topological polar surface area (TPSA) is 67.4 Å². The molecule has 2 amide bonds. The summed E-state index contributed by atoms with van der Waals surface area (Å²) in [4.78, 5) is 23.3. The lowest BCUT2D eigenvalue weighted by Gasteiger charge is -2.17. The first kappa shape index (κ1) is 19.2. The average Bonchev–Trinajstić information content (AvgIpc) is 2.51. The van der Waals surface area contributed by atoms with Crippen LogP contribution in [0.15, 0.2) is 30.3 Å². The Morgan fingerprint density at radius 3 is 2.39 bits per heavy atom. The Balaban J connectivity index is 2.11. The molecule has 0 aliphatic rings. The van der Waals surface area contributed by atoms with Gasteiger partial charge < -0.3 is 15.4 Å². The molecule has 0 radical (unpaired) electrons. The molecule has 0 fully saturated rings. The first-order valence-corrected chi connectivity index (χ1v) is 8.02. The van der Waals surface area contributed by atoms with Gasteiger partial charge in [0.2, 0.25) is 11.8 Å². The molecule has 23 heavy (non-hydrogen) atoms. The zero-order valence-electron chi connectivity index (χ0n) is 14.5. The normalized spacial score (nSPS) is 12.5. The molecule has 0 aliphatic heterocycles. The number of hydrogen-bond acceptors (Lipinski definition) is 3. The summed E-state index contributed by atoms with van der Waals surface area (Å²) in [5.41, 5.74) is 0.656. The highest BCUT2D eigenvalue weighted by Crippen LogP contribution is 2.15. The number of rotatable bonds is 8. The summed E-state index contributed by atoms with van der Waals surface area (Å²) in [6.45, 7) is 8.56. The first-order valence-electron chi connectivity index (χ1n) is 8.02. The molecule has 5 nitrogen and oxygen atoms in total. The fourth-order valence-corrected chi connectivity index (χ4v) is 1.87. The minimum Gasteiger partial charge on any atom is -0.374 e. The first-order chi connectivity index (χ1) is 10.8. The second-order valence-corrected chi connectivity index (χ2v) is 6.56. The number of benzene rings is 1. The molecule has 0 aliphatic carbocycles. The molecule has 1 aromatic carbocycles. The van der Waals surface area contributed by atoms with Crippen LogP contribution in [-0.2, 0) is 14.3 Å². The van der Waals surface area contributed by atoms with Gasteiger partial charge in [-0.05, 0) is 18.9 Å². The number of amides is 2. The average molecular weight is 320 g/mol. The molecule has 5 heteroatoms. The van der Waals surface area contributed by atoms with E-state index in [1.807, 2.05) is 58.0 Å². The van der Waals surface area contributed by atoms with Crippen LogP contribution in [0.1, 0.15) is 45.8 Å². The number of carbonyl (C=O) groups excluding carboxylic acids is 2. The van der Waals surface area contributed by atoms with Crippen molar-refractivity contribution in [1.82, 2.24) is 10.6 Å². The van der Waals surface area contributed by atoms with Gasteiger partial charge in [-0.3, -0.25) is 9.59 Å². The summed E-state index contributed by atoms with van der Waals surface area (Å²) < 4.78 is 5.73. The van der Waals surface area contributed by atoms with Crippen molar-refractivity contribution in [3.05, 3.63) is 35.9 Å². The lowest BCUT2D eigenvalue weighted by Crippen LogP contribution is -2.42. The van der Waals surface area contributed by atoms with E-state index >= 15 is 0 Å². The fraction of sp³-hybridized carbons (Fsp3) is 0.556. The minimum absolute atomic E-state index is 0.0113. The quantitative estimate of drug-likeness (QED) is 0.723. The van der Waals surface area contributed by atoms with Crippen LogP contribution >= 0.6 is 0 Å². The van der Waals surface area contributed by atoms with Gasteiger partial charge in [-0.25, -0.2) is 0 Å². The Morgan fingerprint density at radius 1 is 1.13 bits per heavy atom. The van der Waals surface area contributed by atoms with E-state index in [9.17, 15) is 9.59 Å². The van der Waals surface area contributed by atoms with E-state index in [-0.39, 0.29) is 24.5 Å². The van der Waals surface area contributed by atoms with E-state index in [0.29, 0.717) is 13.2 Å². The number of ether oxygens (including phenoxy) is 1. The van der Waals surface area contributed by atoms with E-state index in [0.717, 1.165) is 12.0 Å². The number of hydrogen-bond donors (Lipinski definition) is 2. The lowest BCUT2D eigenvalue weighted by atomic mass is 9.96. The van der Waals surface area contributed by atoms with Crippen LogP contribution in [0.25, 0.3) is 0 Å². The Labute approximate surface area is 138 Å². The molecule has 1 rings (SSSR count). The maximum atomic E-state index is 11.6. The molecule has 0 saturated carbocycles. The fourth-order valence-electron chi connectivity index (χ4n) is 1.87. The largest absolute Gasteiger partial charge is 0.374 e. The maximum Gasteiger partial charge on any atom is 0.239 e. The summed E-state index contributed by atoms with van der Waals surface area (Å²) >= 11 is 0. The molecule has 0 bridgehead atoms. The van der Waals surface area contributed by atoms with E-state index in [1.54, 1.807) is 0 Å². The second-order valence-electron chi connectivity index (χ2n) is 6.56. The summed E-state index contributed by atoms with van der Waals surface area (Å²) in [6.07, 6.45) is 0.772. The third kappa shape index (κ3) is 7.79. The van der Waals surface area contributed by atoms with Crippen molar-refractivity contribution in [3.63, 3.8) is 0 Å². The van der Waals surface area contributed by atoms with Crippen LogP contribution in [0.3, 0.4) is 0 Å². The summed E-state index contributed by atoms with van der Waals surface area (Å²) in [6, 6.07) is 10.0. The van der Waals surface area contributed by atoms with Crippen molar-refractivity contribution in [2.75, 3.05) is 19.7 Å². The van der Waals surface area contributed by atoms with Crippen molar-refractivity contribution in [1.29, 1.82) is 0 Å². The van der Waals surface area contributed by atoms with Crippen LogP contribution in [0.5, 0.6) is 0 Å². The number of nitrogens with one attached hydrogen (secondary N) is 2. The van der Waals surface area contributed by atoms with Gasteiger partial charge in [0, 0.05) is 18.6 Å². The monoisotopic (exact) mass is 320 g/mol. The summed E-state index contributed by atoms with van der Waals surface area (Å²) in [7, 11) is 0. The predicted molar refractivity (Wildman–Crippen MR) is 90.9 cm³/mol. The Bertz CT molecular complexity index is 495. The molecule has 0 saturated heterocycles. The molecule has 128 valence electrons. The third-order valence-corrected chi connectivity index (χ3v) is 3.37. The number of carbonyl (C=O) groups is 2. The van der Waals surface area contributed by atoms with E-state index in [2.05, 4.69) is 10.6 Å². The third-order valence-electron chi connectivity index (χ3n) is 3.37. The van der Waals surface area contributed by atoms with Crippen LogP contribution < -0.4 is 10.6 Å². The molecule has 1 unspecified atom stereocenters. The van der Waals surface area contributed by atoms with Gasteiger partial charge in [-0.1, -0.05) is 51.1 Å². The van der Waals surface area contributed by atoms with Gasteiger partial charge in [0.25, 0.3) is 0 Å².